The lowest BCUT2D eigenvalue weighted by atomic mass is 10.0. The van der Waals surface area contributed by atoms with Crippen LogP contribution in [0.5, 0.6) is 0 Å². The smallest absolute Gasteiger partial charge is 0.194 e. The van der Waals surface area contributed by atoms with Crippen molar-refractivity contribution in [1.29, 1.82) is 0 Å². The fourth-order valence-corrected chi connectivity index (χ4v) is 3.27. The minimum atomic E-state index is 0.675. The molecule has 1 saturated heterocycles. The summed E-state index contributed by atoms with van der Waals surface area (Å²) < 4.78 is 5.85. The molecule has 0 bridgehead atoms. The van der Waals surface area contributed by atoms with Gasteiger partial charge in [0.1, 0.15) is 5.76 Å². The van der Waals surface area contributed by atoms with Crippen molar-refractivity contribution in [2.75, 3.05) is 13.1 Å². The summed E-state index contributed by atoms with van der Waals surface area (Å²) in [5.74, 6) is 3.44. The molecule has 0 radical (unpaired) electrons. The molecule has 1 saturated carbocycles. The number of rotatable bonds is 3. The van der Waals surface area contributed by atoms with Crippen LogP contribution in [0.1, 0.15) is 55.4 Å². The lowest BCUT2D eigenvalue weighted by molar-refractivity contribution is 0.427. The van der Waals surface area contributed by atoms with E-state index in [9.17, 15) is 0 Å². The van der Waals surface area contributed by atoms with Crippen molar-refractivity contribution in [3.63, 3.8) is 0 Å². The number of nitrogens with zero attached hydrogens (tertiary/aromatic N) is 1. The maximum Gasteiger partial charge on any atom is 0.194 e. The highest BCUT2D eigenvalue weighted by atomic mass is 16.4. The van der Waals surface area contributed by atoms with Crippen LogP contribution in [0.2, 0.25) is 0 Å². The van der Waals surface area contributed by atoms with Crippen LogP contribution in [0.3, 0.4) is 0 Å². The maximum atomic E-state index is 5.85. The predicted molar refractivity (Wildman–Crippen MR) is 67.1 cm³/mol. The van der Waals surface area contributed by atoms with Crippen LogP contribution < -0.4 is 5.32 Å². The molecule has 3 rings (SSSR count). The summed E-state index contributed by atoms with van der Waals surface area (Å²) in [6, 6.07) is 0. The number of aromatic nitrogens is 1. The fourth-order valence-electron chi connectivity index (χ4n) is 3.27. The van der Waals surface area contributed by atoms with Crippen LogP contribution in [0.25, 0.3) is 0 Å². The average molecular weight is 234 g/mol. The number of nitrogens with one attached hydrogen (secondary N) is 1. The first-order chi connectivity index (χ1) is 8.33. The molecule has 94 valence electrons. The molecule has 2 heterocycles. The molecule has 17 heavy (non-hydrogen) atoms. The van der Waals surface area contributed by atoms with Crippen LogP contribution in [0.15, 0.2) is 4.42 Å². The van der Waals surface area contributed by atoms with E-state index in [0.717, 1.165) is 37.1 Å². The van der Waals surface area contributed by atoms with Gasteiger partial charge in [0.05, 0.1) is 5.69 Å². The normalized spacial score (nSPS) is 25.8. The summed E-state index contributed by atoms with van der Waals surface area (Å²) in [6.45, 7) is 4.36. The molecular formula is C14H22N2O. The molecular weight excluding hydrogens is 212 g/mol. The van der Waals surface area contributed by atoms with Gasteiger partial charge in [-0.2, -0.15) is 0 Å². The summed E-state index contributed by atoms with van der Waals surface area (Å²) in [7, 11) is 0. The topological polar surface area (TPSA) is 38.1 Å². The molecule has 1 aromatic heterocycles. The monoisotopic (exact) mass is 234 g/mol. The minimum Gasteiger partial charge on any atom is -0.446 e. The highest BCUT2D eigenvalue weighted by Crippen LogP contribution is 2.35. The second kappa shape index (κ2) is 4.81. The van der Waals surface area contributed by atoms with E-state index in [0.29, 0.717) is 5.92 Å². The number of hydrogen-bond donors (Lipinski definition) is 1. The second-order valence-corrected chi connectivity index (χ2v) is 5.59. The number of aryl methyl sites for hydroxylation is 1. The summed E-state index contributed by atoms with van der Waals surface area (Å²) in [5, 5.41) is 3.40. The van der Waals surface area contributed by atoms with Gasteiger partial charge in [0.2, 0.25) is 0 Å². The van der Waals surface area contributed by atoms with Crippen molar-refractivity contribution in [1.82, 2.24) is 10.3 Å². The third kappa shape index (κ3) is 2.39. The lowest BCUT2D eigenvalue weighted by Crippen LogP contribution is -2.10. The van der Waals surface area contributed by atoms with E-state index < -0.39 is 0 Å². The summed E-state index contributed by atoms with van der Waals surface area (Å²) in [4.78, 5) is 4.76. The Morgan fingerprint density at radius 3 is 2.82 bits per heavy atom. The molecule has 0 aromatic carbocycles. The number of oxazole rings is 1. The molecule has 0 spiro atoms. The Labute approximate surface area is 103 Å². The Morgan fingerprint density at radius 2 is 2.12 bits per heavy atom. The van der Waals surface area contributed by atoms with Gasteiger partial charge in [-0.15, -0.1) is 0 Å². The van der Waals surface area contributed by atoms with Crippen molar-refractivity contribution in [3.8, 4) is 0 Å². The van der Waals surface area contributed by atoms with Gasteiger partial charge in [-0.05, 0) is 45.2 Å². The van der Waals surface area contributed by atoms with Gasteiger partial charge in [0, 0.05) is 12.3 Å². The largest absolute Gasteiger partial charge is 0.446 e. The average Bonchev–Trinajstić information content (AvgIpc) is 3.00. The van der Waals surface area contributed by atoms with E-state index in [1.165, 1.54) is 37.8 Å². The fraction of sp³-hybridized carbons (Fsp3) is 0.786. The van der Waals surface area contributed by atoms with Crippen LogP contribution in [0, 0.1) is 12.8 Å². The zero-order valence-corrected chi connectivity index (χ0v) is 10.7. The van der Waals surface area contributed by atoms with Gasteiger partial charge < -0.3 is 9.73 Å². The Hall–Kier alpha value is -0.830. The molecule has 3 heteroatoms. The Kier molecular flexibility index (Phi) is 3.19. The molecule has 2 aliphatic rings. The van der Waals surface area contributed by atoms with Gasteiger partial charge >= 0.3 is 0 Å². The van der Waals surface area contributed by atoms with Gasteiger partial charge in [-0.3, -0.25) is 0 Å². The van der Waals surface area contributed by atoms with E-state index >= 15 is 0 Å². The standard InChI is InChI=1S/C14H22N2O/c1-10-14(12-4-2-3-5-12)16-13(17-10)8-11-6-7-15-9-11/h11-12,15H,2-9H2,1H3. The first-order valence-corrected chi connectivity index (χ1v) is 7.00. The molecule has 0 amide bonds. The first-order valence-electron chi connectivity index (χ1n) is 7.00. The second-order valence-electron chi connectivity index (χ2n) is 5.59. The molecule has 3 nitrogen and oxygen atoms in total. The Morgan fingerprint density at radius 1 is 1.29 bits per heavy atom. The quantitative estimate of drug-likeness (QED) is 0.874. The van der Waals surface area contributed by atoms with Gasteiger partial charge in [0.25, 0.3) is 0 Å². The van der Waals surface area contributed by atoms with Crippen LogP contribution in [0.4, 0.5) is 0 Å². The first kappa shape index (κ1) is 11.3. The highest BCUT2D eigenvalue weighted by molar-refractivity contribution is 5.15. The van der Waals surface area contributed by atoms with E-state index in [1.807, 2.05) is 0 Å². The predicted octanol–water partition coefficient (Wildman–Crippen LogP) is 2.79. The van der Waals surface area contributed by atoms with E-state index in [4.69, 9.17) is 9.40 Å². The van der Waals surface area contributed by atoms with E-state index in [2.05, 4.69) is 12.2 Å². The van der Waals surface area contributed by atoms with Crippen molar-refractivity contribution >= 4 is 0 Å². The molecule has 2 fully saturated rings. The van der Waals surface area contributed by atoms with Crippen molar-refractivity contribution in [2.24, 2.45) is 5.92 Å². The van der Waals surface area contributed by atoms with Gasteiger partial charge in [-0.25, -0.2) is 4.98 Å². The zero-order valence-electron chi connectivity index (χ0n) is 10.7. The number of hydrogen-bond acceptors (Lipinski definition) is 3. The Balaban J connectivity index is 1.70. The van der Waals surface area contributed by atoms with Gasteiger partial charge in [-0.1, -0.05) is 12.8 Å². The SMILES string of the molecule is Cc1oc(CC2CCNC2)nc1C1CCCC1. The van der Waals surface area contributed by atoms with Crippen molar-refractivity contribution in [3.05, 3.63) is 17.3 Å². The Bertz CT molecular complexity index is 374. The zero-order chi connectivity index (χ0) is 11.7. The van der Waals surface area contributed by atoms with E-state index in [-0.39, 0.29) is 0 Å². The maximum absolute atomic E-state index is 5.85. The molecule has 1 aromatic rings. The van der Waals surface area contributed by atoms with E-state index in [1.54, 1.807) is 0 Å². The molecule has 1 aliphatic heterocycles. The molecule has 1 unspecified atom stereocenters. The van der Waals surface area contributed by atoms with Gasteiger partial charge in [0.15, 0.2) is 5.89 Å². The van der Waals surface area contributed by atoms with Crippen LogP contribution in [-0.4, -0.2) is 18.1 Å². The third-order valence-corrected chi connectivity index (χ3v) is 4.24. The molecule has 1 atom stereocenters. The van der Waals surface area contributed by atoms with Crippen molar-refractivity contribution in [2.45, 2.75) is 51.4 Å². The van der Waals surface area contributed by atoms with Crippen molar-refractivity contribution < 1.29 is 4.42 Å². The highest BCUT2D eigenvalue weighted by Gasteiger charge is 2.24. The summed E-state index contributed by atoms with van der Waals surface area (Å²) >= 11 is 0. The third-order valence-electron chi connectivity index (χ3n) is 4.24. The summed E-state index contributed by atoms with van der Waals surface area (Å²) in [5.41, 5.74) is 1.25. The van der Waals surface area contributed by atoms with Crippen LogP contribution in [-0.2, 0) is 6.42 Å². The molecule has 1 aliphatic carbocycles. The molecule has 1 N–H and O–H groups in total. The summed E-state index contributed by atoms with van der Waals surface area (Å²) in [6.07, 6.45) is 7.61. The minimum absolute atomic E-state index is 0.675. The van der Waals surface area contributed by atoms with Crippen LogP contribution >= 0.6 is 0 Å². The lowest BCUT2D eigenvalue weighted by Gasteiger charge is -2.04.